The third-order valence-corrected chi connectivity index (χ3v) is 10.5. The molecule has 1 heterocycles. The number of carboxylic acids is 2. The molecule has 3 atom stereocenters. The number of benzene rings is 2. The van der Waals surface area contributed by atoms with Crippen molar-refractivity contribution < 1.29 is 36.6 Å². The number of hydrogen-bond donors (Lipinski definition) is 6. The molecular formula is C28H38Cl2N6O8S2. The van der Waals surface area contributed by atoms with Crippen molar-refractivity contribution >= 4 is 61.1 Å². The standard InChI is InChI=1S/C22H24Cl2N2O6S2.C6H14N4O2/c23-16-6-10-20(11-7-16)33(29,30)25-18-14-19(4-2-1-3-5-22(27)28)26(15-18)34(31,32)21-12-8-17(24)9-13-21;7-4(5(11)12)2-1-3-10-6(8)9/h2,4,6-13,18-19,25H,1,3,5,14-15H2,(H,27,28);4H,1-3,7H2,(H,11,12)(H4,8,9,10)/b4-2-;/t18-,19-;4-/m10/s1. The van der Waals surface area contributed by atoms with Crippen LogP contribution in [0.5, 0.6) is 0 Å². The Morgan fingerprint density at radius 2 is 1.54 bits per heavy atom. The average Bonchev–Trinajstić information content (AvgIpc) is 3.38. The van der Waals surface area contributed by atoms with Gasteiger partial charge < -0.3 is 27.4 Å². The van der Waals surface area contributed by atoms with Gasteiger partial charge in [0.25, 0.3) is 0 Å². The van der Waals surface area contributed by atoms with Gasteiger partial charge in [-0.15, -0.1) is 0 Å². The first-order chi connectivity index (χ1) is 21.5. The van der Waals surface area contributed by atoms with E-state index in [1.54, 1.807) is 12.2 Å². The molecule has 0 aromatic heterocycles. The summed E-state index contributed by atoms with van der Waals surface area (Å²) in [6.45, 7) is 0.352. The number of nitrogens with one attached hydrogen (secondary N) is 1. The first-order valence-corrected chi connectivity index (χ1v) is 17.7. The lowest BCUT2D eigenvalue weighted by Gasteiger charge is -2.22. The molecule has 1 aliphatic rings. The topological polar surface area (TPSA) is 249 Å². The van der Waals surface area contributed by atoms with Gasteiger partial charge in [-0.2, -0.15) is 4.31 Å². The number of halogens is 2. The minimum atomic E-state index is -3.94. The highest BCUT2D eigenvalue weighted by Crippen LogP contribution is 2.29. The Morgan fingerprint density at radius 3 is 2.07 bits per heavy atom. The van der Waals surface area contributed by atoms with Crippen LogP contribution in [0.2, 0.25) is 10.0 Å². The second-order valence-corrected chi connectivity index (χ2v) is 14.7. The lowest BCUT2D eigenvalue weighted by Crippen LogP contribution is -2.39. The first kappa shape index (κ1) is 38.9. The molecule has 1 fully saturated rings. The number of nitrogens with two attached hydrogens (primary N) is 3. The number of sulfonamides is 2. The average molecular weight is 722 g/mol. The van der Waals surface area contributed by atoms with E-state index in [0.29, 0.717) is 42.3 Å². The van der Waals surface area contributed by atoms with E-state index in [1.807, 2.05) is 0 Å². The van der Waals surface area contributed by atoms with Crippen molar-refractivity contribution in [3.05, 3.63) is 70.7 Å². The van der Waals surface area contributed by atoms with Crippen LogP contribution in [-0.4, -0.2) is 80.5 Å². The zero-order chi connectivity index (χ0) is 34.5. The second-order valence-electron chi connectivity index (χ2n) is 10.2. The summed E-state index contributed by atoms with van der Waals surface area (Å²) >= 11 is 11.7. The fourth-order valence-corrected chi connectivity index (χ4v) is 7.41. The van der Waals surface area contributed by atoms with E-state index in [4.69, 9.17) is 50.6 Å². The number of guanidine groups is 1. The lowest BCUT2D eigenvalue weighted by molar-refractivity contribution is -0.139. The molecule has 254 valence electrons. The van der Waals surface area contributed by atoms with Crippen molar-refractivity contribution in [2.24, 2.45) is 22.2 Å². The van der Waals surface area contributed by atoms with Crippen LogP contribution in [0.4, 0.5) is 0 Å². The molecule has 0 unspecified atom stereocenters. The van der Waals surface area contributed by atoms with E-state index < -0.39 is 50.1 Å². The number of rotatable bonds is 15. The van der Waals surface area contributed by atoms with Gasteiger partial charge in [0.1, 0.15) is 6.04 Å². The van der Waals surface area contributed by atoms with Crippen molar-refractivity contribution in [2.45, 2.75) is 66.4 Å². The fourth-order valence-electron chi connectivity index (χ4n) is 4.28. The van der Waals surface area contributed by atoms with E-state index >= 15 is 0 Å². The number of unbranched alkanes of at least 4 members (excludes halogenated alkanes) is 1. The molecule has 14 nitrogen and oxygen atoms in total. The van der Waals surface area contributed by atoms with Crippen LogP contribution in [0.25, 0.3) is 0 Å². The van der Waals surface area contributed by atoms with Gasteiger partial charge in [-0.1, -0.05) is 35.4 Å². The maximum atomic E-state index is 13.3. The van der Waals surface area contributed by atoms with Crippen LogP contribution in [0.1, 0.15) is 38.5 Å². The normalized spacial score (nSPS) is 17.6. The highest BCUT2D eigenvalue weighted by Gasteiger charge is 2.40. The molecule has 0 aliphatic carbocycles. The Balaban J connectivity index is 0.000000521. The monoisotopic (exact) mass is 720 g/mol. The largest absolute Gasteiger partial charge is 0.481 e. The van der Waals surface area contributed by atoms with Gasteiger partial charge in [0, 0.05) is 41.6 Å². The van der Waals surface area contributed by atoms with Crippen LogP contribution < -0.4 is 21.9 Å². The summed E-state index contributed by atoms with van der Waals surface area (Å²) in [6, 6.07) is 9.33. The van der Waals surface area contributed by atoms with Crippen LogP contribution in [0, 0.1) is 0 Å². The van der Waals surface area contributed by atoms with E-state index in [0.717, 1.165) is 0 Å². The summed E-state index contributed by atoms with van der Waals surface area (Å²) in [5, 5.41) is 17.9. The van der Waals surface area contributed by atoms with Crippen molar-refractivity contribution in [3.8, 4) is 0 Å². The number of carboxylic acid groups (broad SMARTS) is 2. The Morgan fingerprint density at radius 1 is 0.978 bits per heavy atom. The van der Waals surface area contributed by atoms with Crippen LogP contribution in [-0.2, 0) is 29.6 Å². The summed E-state index contributed by atoms with van der Waals surface area (Å²) in [7, 11) is -7.84. The van der Waals surface area contributed by atoms with Gasteiger partial charge in [0.15, 0.2) is 5.96 Å². The molecule has 9 N–H and O–H groups in total. The van der Waals surface area contributed by atoms with Gasteiger partial charge in [0.05, 0.1) is 9.79 Å². The van der Waals surface area contributed by atoms with Crippen molar-refractivity contribution in [3.63, 3.8) is 0 Å². The number of aliphatic imine (C=N–C) groups is 1. The van der Waals surface area contributed by atoms with Crippen LogP contribution >= 0.6 is 23.2 Å². The number of allylic oxidation sites excluding steroid dienone is 1. The summed E-state index contributed by atoms with van der Waals surface area (Å²) in [5.74, 6) is -1.89. The third-order valence-electron chi connectivity index (χ3n) is 6.57. The minimum absolute atomic E-state index is 0.00527. The molecular weight excluding hydrogens is 683 g/mol. The first-order valence-electron chi connectivity index (χ1n) is 14.0. The van der Waals surface area contributed by atoms with Crippen molar-refractivity contribution in [2.75, 3.05) is 13.1 Å². The number of carbonyl (C=O) groups is 2. The quantitative estimate of drug-likeness (QED) is 0.0674. The van der Waals surface area contributed by atoms with E-state index in [2.05, 4.69) is 9.71 Å². The molecule has 2 aromatic rings. The molecule has 46 heavy (non-hydrogen) atoms. The molecule has 0 saturated carbocycles. The van der Waals surface area contributed by atoms with Gasteiger partial charge in [-0.3, -0.25) is 14.6 Å². The van der Waals surface area contributed by atoms with Crippen molar-refractivity contribution in [1.82, 2.24) is 9.03 Å². The van der Waals surface area contributed by atoms with Gasteiger partial charge >= 0.3 is 11.9 Å². The molecule has 0 radical (unpaired) electrons. The highest BCUT2D eigenvalue weighted by atomic mass is 35.5. The lowest BCUT2D eigenvalue weighted by atomic mass is 10.1. The maximum Gasteiger partial charge on any atom is 0.320 e. The molecule has 3 rings (SSSR count). The molecule has 2 aromatic carbocycles. The molecule has 1 saturated heterocycles. The van der Waals surface area contributed by atoms with E-state index in [9.17, 15) is 26.4 Å². The van der Waals surface area contributed by atoms with Gasteiger partial charge in [0.2, 0.25) is 20.0 Å². The zero-order valence-electron chi connectivity index (χ0n) is 24.7. The second kappa shape index (κ2) is 18.2. The fraction of sp³-hybridized carbons (Fsp3) is 0.393. The smallest absolute Gasteiger partial charge is 0.320 e. The number of aliphatic carboxylic acids is 2. The molecule has 0 spiro atoms. The summed E-state index contributed by atoms with van der Waals surface area (Å²) < 4.78 is 56.1. The minimum Gasteiger partial charge on any atom is -0.481 e. The maximum absolute atomic E-state index is 13.3. The summed E-state index contributed by atoms with van der Waals surface area (Å²) in [6.07, 6.45) is 5.46. The molecule has 0 bridgehead atoms. The SMILES string of the molecule is NC(N)=NCCC[C@H](N)C(=O)O.O=C(O)CCC/C=C\[C@@H]1C[C@@H](NS(=O)(=O)c2ccc(Cl)cc2)CN1S(=O)(=O)c1ccc(Cl)cc1. The Bertz CT molecular complexity index is 1580. The Kier molecular flexibility index (Phi) is 15.4. The Labute approximate surface area is 278 Å². The Hall–Kier alpha value is -3.25. The molecule has 18 heteroatoms. The van der Waals surface area contributed by atoms with E-state index in [1.165, 1.54) is 52.8 Å². The van der Waals surface area contributed by atoms with Gasteiger partial charge in [-0.05, 0) is 80.6 Å². The molecule has 0 amide bonds. The summed E-state index contributed by atoms with van der Waals surface area (Å²) in [5.41, 5.74) is 15.3. The number of hydrogen-bond acceptors (Lipinski definition) is 8. The van der Waals surface area contributed by atoms with Gasteiger partial charge in [-0.25, -0.2) is 21.6 Å². The third kappa shape index (κ3) is 12.9. The zero-order valence-corrected chi connectivity index (χ0v) is 27.9. The van der Waals surface area contributed by atoms with Crippen molar-refractivity contribution in [1.29, 1.82) is 0 Å². The van der Waals surface area contributed by atoms with Crippen LogP contribution in [0.3, 0.4) is 0 Å². The summed E-state index contributed by atoms with van der Waals surface area (Å²) in [4.78, 5) is 24.7. The predicted molar refractivity (Wildman–Crippen MR) is 175 cm³/mol. The number of nitrogens with zero attached hydrogens (tertiary/aromatic N) is 2. The molecule has 1 aliphatic heterocycles. The van der Waals surface area contributed by atoms with Crippen LogP contribution in [0.15, 0.2) is 75.5 Å². The van der Waals surface area contributed by atoms with E-state index in [-0.39, 0.29) is 35.1 Å². The highest BCUT2D eigenvalue weighted by molar-refractivity contribution is 7.89. The predicted octanol–water partition coefficient (Wildman–Crippen LogP) is 2.37.